The molecule has 2 aromatic carbocycles. The predicted octanol–water partition coefficient (Wildman–Crippen LogP) is 5.03. The molecular formula is C27H26N4O2S. The predicted molar refractivity (Wildman–Crippen MR) is 136 cm³/mol. The van der Waals surface area contributed by atoms with Gasteiger partial charge < -0.3 is 16.0 Å². The number of anilines is 1. The second kappa shape index (κ2) is 9.65. The first kappa shape index (κ1) is 22.1. The second-order valence-electron chi connectivity index (χ2n) is 8.55. The molecule has 0 radical (unpaired) electrons. The standard InChI is InChI=1S/C27H26N4O2S/c28-26(32)22-17-34-25-23(29-15-18-7-3-1-4-8-18)21(16-30-24(22)25)27(33)31-13-11-20(12-14-31)19-9-5-2-6-10-19/h1-10,16-17,20H,11-15H2,(H2,28,32)(H,29,30). The number of thiophene rings is 1. The Kier molecular flexibility index (Phi) is 6.27. The number of pyridine rings is 1. The molecule has 5 rings (SSSR count). The summed E-state index contributed by atoms with van der Waals surface area (Å²) in [7, 11) is 0. The molecule has 2 aromatic heterocycles. The van der Waals surface area contributed by atoms with E-state index in [-0.39, 0.29) is 5.91 Å². The third-order valence-electron chi connectivity index (χ3n) is 6.45. The maximum absolute atomic E-state index is 13.6. The van der Waals surface area contributed by atoms with Gasteiger partial charge in [-0.25, -0.2) is 0 Å². The molecule has 6 nitrogen and oxygen atoms in total. The summed E-state index contributed by atoms with van der Waals surface area (Å²) in [5.74, 6) is -0.0859. The lowest BCUT2D eigenvalue weighted by molar-refractivity contribution is 0.0713. The highest BCUT2D eigenvalue weighted by Crippen LogP contribution is 2.35. The smallest absolute Gasteiger partial charge is 0.257 e. The third kappa shape index (κ3) is 4.39. The van der Waals surface area contributed by atoms with Gasteiger partial charge in [0, 0.05) is 31.2 Å². The van der Waals surface area contributed by atoms with E-state index < -0.39 is 5.91 Å². The van der Waals surface area contributed by atoms with E-state index in [9.17, 15) is 9.59 Å². The van der Waals surface area contributed by atoms with Crippen LogP contribution in [0.3, 0.4) is 0 Å². The number of nitrogens with zero attached hydrogens (tertiary/aromatic N) is 2. The van der Waals surface area contributed by atoms with Crippen molar-refractivity contribution in [3.05, 3.63) is 94.5 Å². The fourth-order valence-corrected chi connectivity index (χ4v) is 5.62. The van der Waals surface area contributed by atoms with Gasteiger partial charge in [-0.3, -0.25) is 14.6 Å². The Bertz CT molecular complexity index is 1310. The van der Waals surface area contributed by atoms with E-state index >= 15 is 0 Å². The number of fused-ring (bicyclic) bond motifs is 1. The topological polar surface area (TPSA) is 88.3 Å². The summed E-state index contributed by atoms with van der Waals surface area (Å²) in [6.07, 6.45) is 3.45. The molecule has 0 bridgehead atoms. The number of rotatable bonds is 6. The number of amides is 2. The van der Waals surface area contributed by atoms with Gasteiger partial charge in [0.1, 0.15) is 0 Å². The zero-order valence-corrected chi connectivity index (χ0v) is 19.6. The van der Waals surface area contributed by atoms with Crippen LogP contribution in [0.5, 0.6) is 0 Å². The summed E-state index contributed by atoms with van der Waals surface area (Å²) in [5.41, 5.74) is 10.1. The minimum Gasteiger partial charge on any atom is -0.379 e. The number of carbonyl (C=O) groups is 2. The summed E-state index contributed by atoms with van der Waals surface area (Å²) in [4.78, 5) is 31.9. The van der Waals surface area contributed by atoms with Crippen LogP contribution in [0.2, 0.25) is 0 Å². The van der Waals surface area contributed by atoms with Gasteiger partial charge in [0.25, 0.3) is 11.8 Å². The molecule has 0 atom stereocenters. The summed E-state index contributed by atoms with van der Waals surface area (Å²) >= 11 is 1.38. The average Bonchev–Trinajstić information content (AvgIpc) is 3.33. The van der Waals surface area contributed by atoms with Crippen molar-refractivity contribution in [3.63, 3.8) is 0 Å². The summed E-state index contributed by atoms with van der Waals surface area (Å²) in [6, 6.07) is 20.5. The highest BCUT2D eigenvalue weighted by atomic mass is 32.1. The van der Waals surface area contributed by atoms with Crippen molar-refractivity contribution in [1.82, 2.24) is 9.88 Å². The number of primary amides is 1. The van der Waals surface area contributed by atoms with Crippen molar-refractivity contribution in [3.8, 4) is 0 Å². The highest BCUT2D eigenvalue weighted by molar-refractivity contribution is 7.18. The Morgan fingerprint density at radius 2 is 1.68 bits per heavy atom. The number of nitrogens with two attached hydrogens (primary N) is 1. The van der Waals surface area contributed by atoms with Gasteiger partial charge in [0.2, 0.25) is 0 Å². The Morgan fingerprint density at radius 3 is 2.35 bits per heavy atom. The van der Waals surface area contributed by atoms with Gasteiger partial charge >= 0.3 is 0 Å². The zero-order chi connectivity index (χ0) is 23.5. The number of benzene rings is 2. The van der Waals surface area contributed by atoms with E-state index in [1.165, 1.54) is 16.9 Å². The van der Waals surface area contributed by atoms with Crippen LogP contribution in [-0.4, -0.2) is 34.8 Å². The van der Waals surface area contributed by atoms with E-state index in [1.807, 2.05) is 41.3 Å². The van der Waals surface area contributed by atoms with Gasteiger partial charge in [-0.05, 0) is 29.9 Å². The van der Waals surface area contributed by atoms with Gasteiger partial charge in [0.05, 0.1) is 27.0 Å². The van der Waals surface area contributed by atoms with Crippen LogP contribution < -0.4 is 11.1 Å². The maximum Gasteiger partial charge on any atom is 0.257 e. The monoisotopic (exact) mass is 470 g/mol. The molecule has 3 heterocycles. The fourth-order valence-electron chi connectivity index (χ4n) is 4.58. The van der Waals surface area contributed by atoms with E-state index in [2.05, 4.69) is 34.6 Å². The Labute approximate surface area is 202 Å². The molecule has 1 aliphatic heterocycles. The van der Waals surface area contributed by atoms with E-state index in [0.717, 1.165) is 23.1 Å². The third-order valence-corrected chi connectivity index (χ3v) is 7.43. The molecule has 4 aromatic rings. The molecule has 34 heavy (non-hydrogen) atoms. The van der Waals surface area contributed by atoms with Crippen LogP contribution in [0, 0.1) is 0 Å². The maximum atomic E-state index is 13.6. The molecule has 1 aliphatic rings. The van der Waals surface area contributed by atoms with Gasteiger partial charge in [-0.15, -0.1) is 11.3 Å². The molecule has 2 amide bonds. The molecule has 0 unspecified atom stereocenters. The lowest BCUT2D eigenvalue weighted by Crippen LogP contribution is -2.38. The zero-order valence-electron chi connectivity index (χ0n) is 18.7. The number of aromatic nitrogens is 1. The fraction of sp³-hybridized carbons (Fsp3) is 0.222. The van der Waals surface area contributed by atoms with Gasteiger partial charge in [0.15, 0.2) is 0 Å². The Morgan fingerprint density at radius 1 is 1.00 bits per heavy atom. The summed E-state index contributed by atoms with van der Waals surface area (Å²) in [6.45, 7) is 1.96. The minimum atomic E-state index is -0.519. The van der Waals surface area contributed by atoms with E-state index in [1.54, 1.807) is 11.6 Å². The first-order chi connectivity index (χ1) is 16.6. The number of likely N-dealkylation sites (tertiary alicyclic amines) is 1. The number of carbonyl (C=O) groups excluding carboxylic acids is 2. The van der Waals surface area contributed by atoms with Crippen molar-refractivity contribution in [1.29, 1.82) is 0 Å². The molecule has 0 spiro atoms. The first-order valence-corrected chi connectivity index (χ1v) is 12.3. The van der Waals surface area contributed by atoms with Gasteiger partial charge in [-0.1, -0.05) is 60.7 Å². The molecule has 7 heteroatoms. The SMILES string of the molecule is NC(=O)c1csc2c(NCc3ccccc3)c(C(=O)N3CCC(c4ccccc4)CC3)cnc12. The van der Waals surface area contributed by atoms with Crippen molar-refractivity contribution in [2.45, 2.75) is 25.3 Å². The van der Waals surface area contributed by atoms with Crippen molar-refractivity contribution >= 4 is 39.1 Å². The summed E-state index contributed by atoms with van der Waals surface area (Å²) < 4.78 is 0.773. The van der Waals surface area contributed by atoms with Crippen molar-refractivity contribution in [2.75, 3.05) is 18.4 Å². The molecule has 0 aliphatic carbocycles. The molecule has 172 valence electrons. The van der Waals surface area contributed by atoms with Crippen LogP contribution >= 0.6 is 11.3 Å². The lowest BCUT2D eigenvalue weighted by Gasteiger charge is -2.32. The largest absolute Gasteiger partial charge is 0.379 e. The van der Waals surface area contributed by atoms with Crippen molar-refractivity contribution in [2.24, 2.45) is 5.73 Å². The quantitative estimate of drug-likeness (QED) is 0.414. The van der Waals surface area contributed by atoms with Gasteiger partial charge in [-0.2, -0.15) is 0 Å². The molecule has 1 saturated heterocycles. The molecule has 3 N–H and O–H groups in total. The van der Waals surface area contributed by atoms with Crippen LogP contribution in [0.1, 0.15) is 50.6 Å². The number of piperidine rings is 1. The van der Waals surface area contributed by atoms with Crippen LogP contribution in [0.25, 0.3) is 10.2 Å². The number of hydrogen-bond acceptors (Lipinski definition) is 5. The molecule has 0 saturated carbocycles. The summed E-state index contributed by atoms with van der Waals surface area (Å²) in [5, 5.41) is 5.17. The van der Waals surface area contributed by atoms with Crippen LogP contribution in [-0.2, 0) is 6.54 Å². The minimum absolute atomic E-state index is 0.0366. The van der Waals surface area contributed by atoms with Crippen LogP contribution in [0.15, 0.2) is 72.2 Å². The number of hydrogen-bond donors (Lipinski definition) is 2. The molecular weight excluding hydrogens is 444 g/mol. The van der Waals surface area contributed by atoms with E-state index in [4.69, 9.17) is 5.73 Å². The first-order valence-electron chi connectivity index (χ1n) is 11.4. The molecule has 1 fully saturated rings. The number of nitrogens with one attached hydrogen (secondary N) is 1. The van der Waals surface area contributed by atoms with E-state index in [0.29, 0.717) is 47.9 Å². The highest BCUT2D eigenvalue weighted by Gasteiger charge is 2.28. The second-order valence-corrected chi connectivity index (χ2v) is 9.43. The normalized spacial score (nSPS) is 14.3. The van der Waals surface area contributed by atoms with Crippen molar-refractivity contribution < 1.29 is 9.59 Å². The van der Waals surface area contributed by atoms with Crippen LogP contribution in [0.4, 0.5) is 5.69 Å². The lowest BCUT2D eigenvalue weighted by atomic mass is 9.89. The Balaban J connectivity index is 1.42. The average molecular weight is 471 g/mol. The Hall–Kier alpha value is -3.71.